The molecule has 3 nitrogen and oxygen atoms in total. The Labute approximate surface area is 92.6 Å². The Balaban J connectivity index is 2.07. The molecule has 1 N–H and O–H groups in total. The highest BCUT2D eigenvalue weighted by molar-refractivity contribution is 5.71. The fourth-order valence-electron chi connectivity index (χ4n) is 2.18. The van der Waals surface area contributed by atoms with E-state index in [4.69, 9.17) is 0 Å². The van der Waals surface area contributed by atoms with Crippen LogP contribution in [0.2, 0.25) is 0 Å². The standard InChI is InChI=1S/C12H23NO2/c1-10(12(14)15-2)8-13-9-11-6-4-3-5-7-11/h10-11,13H,3-9H2,1-2H3. The first-order valence-electron chi connectivity index (χ1n) is 6.02. The lowest BCUT2D eigenvalue weighted by Gasteiger charge is -2.22. The highest BCUT2D eigenvalue weighted by atomic mass is 16.5. The van der Waals surface area contributed by atoms with E-state index in [0.29, 0.717) is 0 Å². The molecule has 0 aromatic heterocycles. The van der Waals surface area contributed by atoms with Crippen molar-refractivity contribution in [3.05, 3.63) is 0 Å². The van der Waals surface area contributed by atoms with E-state index in [1.54, 1.807) is 0 Å². The Kier molecular flexibility index (Phi) is 5.69. The highest BCUT2D eigenvalue weighted by Gasteiger charge is 2.15. The smallest absolute Gasteiger partial charge is 0.309 e. The van der Waals surface area contributed by atoms with E-state index in [9.17, 15) is 4.79 Å². The summed E-state index contributed by atoms with van der Waals surface area (Å²) in [6.07, 6.45) is 6.84. The summed E-state index contributed by atoms with van der Waals surface area (Å²) in [4.78, 5) is 11.1. The van der Waals surface area contributed by atoms with E-state index in [-0.39, 0.29) is 11.9 Å². The number of nitrogens with one attached hydrogen (secondary N) is 1. The Morgan fingerprint density at radius 3 is 2.67 bits per heavy atom. The molecule has 15 heavy (non-hydrogen) atoms. The van der Waals surface area contributed by atoms with Gasteiger partial charge in [0.1, 0.15) is 0 Å². The van der Waals surface area contributed by atoms with Gasteiger partial charge in [0.05, 0.1) is 13.0 Å². The van der Waals surface area contributed by atoms with Gasteiger partial charge in [0.2, 0.25) is 0 Å². The van der Waals surface area contributed by atoms with Gasteiger partial charge in [-0.05, 0) is 25.3 Å². The van der Waals surface area contributed by atoms with Crippen LogP contribution in [0.15, 0.2) is 0 Å². The Hall–Kier alpha value is -0.570. The molecule has 0 spiro atoms. The number of esters is 1. The van der Waals surface area contributed by atoms with E-state index < -0.39 is 0 Å². The second-order valence-electron chi connectivity index (χ2n) is 4.59. The van der Waals surface area contributed by atoms with Gasteiger partial charge in [0.15, 0.2) is 0 Å². The lowest BCUT2D eigenvalue weighted by molar-refractivity contribution is -0.144. The van der Waals surface area contributed by atoms with Crippen molar-refractivity contribution in [2.75, 3.05) is 20.2 Å². The Morgan fingerprint density at radius 2 is 2.07 bits per heavy atom. The van der Waals surface area contributed by atoms with Crippen LogP contribution in [0, 0.1) is 11.8 Å². The van der Waals surface area contributed by atoms with Gasteiger partial charge in [-0.15, -0.1) is 0 Å². The lowest BCUT2D eigenvalue weighted by Crippen LogP contribution is -2.31. The number of hydrogen-bond donors (Lipinski definition) is 1. The third-order valence-electron chi connectivity index (χ3n) is 3.21. The van der Waals surface area contributed by atoms with Gasteiger partial charge >= 0.3 is 5.97 Å². The Bertz CT molecular complexity index is 188. The van der Waals surface area contributed by atoms with Crippen molar-refractivity contribution in [2.45, 2.75) is 39.0 Å². The molecular formula is C12H23NO2. The molecule has 1 fully saturated rings. The molecule has 1 saturated carbocycles. The molecule has 1 rings (SSSR count). The van der Waals surface area contributed by atoms with E-state index >= 15 is 0 Å². The summed E-state index contributed by atoms with van der Waals surface area (Å²) < 4.78 is 4.68. The van der Waals surface area contributed by atoms with Crippen LogP contribution in [-0.4, -0.2) is 26.2 Å². The van der Waals surface area contributed by atoms with Crippen molar-refractivity contribution in [2.24, 2.45) is 11.8 Å². The molecule has 0 saturated heterocycles. The van der Waals surface area contributed by atoms with E-state index in [2.05, 4.69) is 10.1 Å². The SMILES string of the molecule is COC(=O)C(C)CNCC1CCCCC1. The van der Waals surface area contributed by atoms with E-state index in [1.807, 2.05) is 6.92 Å². The topological polar surface area (TPSA) is 38.3 Å². The summed E-state index contributed by atoms with van der Waals surface area (Å²) in [5, 5.41) is 3.37. The molecule has 1 atom stereocenters. The molecule has 0 aliphatic heterocycles. The maximum Gasteiger partial charge on any atom is 0.309 e. The van der Waals surface area contributed by atoms with Crippen LogP contribution in [0.25, 0.3) is 0 Å². The van der Waals surface area contributed by atoms with Crippen LogP contribution < -0.4 is 5.32 Å². The predicted octanol–water partition coefficient (Wildman–Crippen LogP) is 1.97. The van der Waals surface area contributed by atoms with Crippen molar-refractivity contribution in [3.63, 3.8) is 0 Å². The molecule has 3 heteroatoms. The minimum absolute atomic E-state index is 0.0291. The molecule has 88 valence electrons. The van der Waals surface area contributed by atoms with Crippen molar-refractivity contribution in [3.8, 4) is 0 Å². The van der Waals surface area contributed by atoms with Gasteiger partial charge in [-0.1, -0.05) is 26.2 Å². The molecule has 0 heterocycles. The molecule has 1 unspecified atom stereocenters. The number of hydrogen-bond acceptors (Lipinski definition) is 3. The quantitative estimate of drug-likeness (QED) is 0.710. The summed E-state index contributed by atoms with van der Waals surface area (Å²) >= 11 is 0. The van der Waals surface area contributed by atoms with Crippen LogP contribution in [0.5, 0.6) is 0 Å². The van der Waals surface area contributed by atoms with Gasteiger partial charge < -0.3 is 10.1 Å². The molecule has 1 aliphatic carbocycles. The number of carbonyl (C=O) groups excluding carboxylic acids is 1. The van der Waals surface area contributed by atoms with Crippen molar-refractivity contribution >= 4 is 5.97 Å². The molecule has 0 amide bonds. The first kappa shape index (κ1) is 12.5. The zero-order chi connectivity index (χ0) is 11.1. The van der Waals surface area contributed by atoms with Gasteiger partial charge in [-0.2, -0.15) is 0 Å². The number of ether oxygens (including phenoxy) is 1. The largest absolute Gasteiger partial charge is 0.469 e. The summed E-state index contributed by atoms with van der Waals surface area (Å²) in [6.45, 7) is 3.70. The summed E-state index contributed by atoms with van der Waals surface area (Å²) in [5.74, 6) is 0.674. The van der Waals surface area contributed by atoms with E-state index in [0.717, 1.165) is 19.0 Å². The third-order valence-corrected chi connectivity index (χ3v) is 3.21. The summed E-state index contributed by atoms with van der Waals surface area (Å²) in [5.41, 5.74) is 0. The zero-order valence-electron chi connectivity index (χ0n) is 9.92. The number of methoxy groups -OCH3 is 1. The van der Waals surface area contributed by atoms with E-state index in [1.165, 1.54) is 39.2 Å². The van der Waals surface area contributed by atoms with Gasteiger partial charge in [-0.3, -0.25) is 4.79 Å². The normalized spacial score (nSPS) is 19.9. The number of rotatable bonds is 5. The average molecular weight is 213 g/mol. The van der Waals surface area contributed by atoms with Crippen LogP contribution in [0.3, 0.4) is 0 Å². The summed E-state index contributed by atoms with van der Waals surface area (Å²) in [6, 6.07) is 0. The fraction of sp³-hybridized carbons (Fsp3) is 0.917. The fourth-order valence-corrected chi connectivity index (χ4v) is 2.18. The van der Waals surface area contributed by atoms with Crippen molar-refractivity contribution < 1.29 is 9.53 Å². The molecule has 0 aromatic carbocycles. The molecule has 0 radical (unpaired) electrons. The zero-order valence-corrected chi connectivity index (χ0v) is 9.92. The maximum atomic E-state index is 11.1. The second-order valence-corrected chi connectivity index (χ2v) is 4.59. The first-order valence-corrected chi connectivity index (χ1v) is 6.02. The molecule has 1 aliphatic rings. The van der Waals surface area contributed by atoms with Crippen molar-refractivity contribution in [1.82, 2.24) is 5.32 Å². The van der Waals surface area contributed by atoms with Crippen LogP contribution in [0.1, 0.15) is 39.0 Å². The third kappa shape index (κ3) is 4.65. The second kappa shape index (κ2) is 6.83. The average Bonchev–Trinajstić information content (AvgIpc) is 2.29. The maximum absolute atomic E-state index is 11.1. The Morgan fingerprint density at radius 1 is 1.40 bits per heavy atom. The minimum Gasteiger partial charge on any atom is -0.469 e. The highest BCUT2D eigenvalue weighted by Crippen LogP contribution is 2.22. The number of carbonyl (C=O) groups is 1. The predicted molar refractivity (Wildman–Crippen MR) is 60.6 cm³/mol. The van der Waals surface area contributed by atoms with Crippen LogP contribution in [-0.2, 0) is 9.53 Å². The van der Waals surface area contributed by atoms with Gasteiger partial charge in [0.25, 0.3) is 0 Å². The molecule has 0 bridgehead atoms. The molecular weight excluding hydrogens is 190 g/mol. The van der Waals surface area contributed by atoms with Crippen molar-refractivity contribution in [1.29, 1.82) is 0 Å². The molecule has 0 aromatic rings. The summed E-state index contributed by atoms with van der Waals surface area (Å²) in [7, 11) is 1.44. The lowest BCUT2D eigenvalue weighted by atomic mass is 9.89. The van der Waals surface area contributed by atoms with Gasteiger partial charge in [-0.25, -0.2) is 0 Å². The van der Waals surface area contributed by atoms with Crippen LogP contribution >= 0.6 is 0 Å². The van der Waals surface area contributed by atoms with Crippen LogP contribution in [0.4, 0.5) is 0 Å². The monoisotopic (exact) mass is 213 g/mol. The minimum atomic E-state index is -0.119. The van der Waals surface area contributed by atoms with Gasteiger partial charge in [0, 0.05) is 6.54 Å². The first-order chi connectivity index (χ1) is 7.24.